The molecule has 0 bridgehead atoms. The molecule has 84 heavy (non-hydrogen) atoms. The Morgan fingerprint density at radius 3 is 1.07 bits per heavy atom. The van der Waals surface area contributed by atoms with Gasteiger partial charge in [0.05, 0.1) is 47.8 Å². The summed E-state index contributed by atoms with van der Waals surface area (Å²) in [5.41, 5.74) is 3.94. The molecule has 0 radical (unpaired) electrons. The smallest absolute Gasteiger partial charge is 0.160 e. The Kier molecular flexibility index (Phi) is 39.5. The topological polar surface area (TPSA) is 265 Å². The molecule has 0 aliphatic carbocycles. The van der Waals surface area contributed by atoms with E-state index in [-0.39, 0.29) is 75.1 Å². The second kappa shape index (κ2) is 41.2. The fraction of sp³-hybridized carbons (Fsp3) is 0.455. The minimum Gasteiger partial charge on any atom is -0.508 e. The number of benzene rings is 6. The molecule has 9 rings (SSSR count). The van der Waals surface area contributed by atoms with Gasteiger partial charge in [-0.15, -0.1) is 0 Å². The molecule has 3 heterocycles. The molecular formula is C66H102O18. The Balaban J connectivity index is -0.00000106. The molecule has 9 N–H and O–H groups in total. The highest BCUT2D eigenvalue weighted by Crippen LogP contribution is 2.46. The summed E-state index contributed by atoms with van der Waals surface area (Å²) in [6.45, 7) is 24.0. The third-order valence-corrected chi connectivity index (χ3v) is 11.9. The number of aliphatic hydroxyl groups excluding tert-OH is 2. The number of phenolic OH excluding ortho intramolecular Hbond substituents is 7. The van der Waals surface area contributed by atoms with E-state index in [1.807, 2.05) is 83.1 Å². The summed E-state index contributed by atoms with van der Waals surface area (Å²) in [6, 6.07) is 23.4. The summed E-state index contributed by atoms with van der Waals surface area (Å²) in [6.07, 6.45) is -2.68. The van der Waals surface area contributed by atoms with Gasteiger partial charge in [-0.2, -0.15) is 0 Å². The molecule has 0 fully saturated rings. The summed E-state index contributed by atoms with van der Waals surface area (Å²) in [7, 11) is 8.95. The monoisotopic (exact) mass is 1180 g/mol. The third-order valence-electron chi connectivity index (χ3n) is 11.9. The lowest BCUT2D eigenvalue weighted by Crippen LogP contribution is -2.32. The molecule has 6 aromatic carbocycles. The number of ether oxygens (including phenoxy) is 9. The third kappa shape index (κ3) is 20.5. The van der Waals surface area contributed by atoms with Crippen molar-refractivity contribution in [3.8, 4) is 86.2 Å². The molecule has 0 unspecified atom stereocenters. The fourth-order valence-electron chi connectivity index (χ4n) is 8.32. The van der Waals surface area contributed by atoms with Gasteiger partial charge in [-0.25, -0.2) is 0 Å². The molecule has 0 saturated carbocycles. The van der Waals surface area contributed by atoms with Crippen molar-refractivity contribution in [2.24, 2.45) is 0 Å². The van der Waals surface area contributed by atoms with E-state index in [4.69, 9.17) is 42.6 Å². The summed E-state index contributed by atoms with van der Waals surface area (Å²) in [5.74, 6) is 3.25. The van der Waals surface area contributed by atoms with Crippen molar-refractivity contribution in [1.29, 1.82) is 0 Å². The predicted molar refractivity (Wildman–Crippen MR) is 335 cm³/mol. The van der Waals surface area contributed by atoms with Crippen LogP contribution in [0.5, 0.6) is 86.2 Å². The Bertz CT molecular complexity index is 2730. The number of hydrogen-bond donors (Lipinski definition) is 9. The maximum atomic E-state index is 10.4. The first-order chi connectivity index (χ1) is 39.1. The zero-order valence-corrected chi connectivity index (χ0v) is 50.4. The lowest BCUT2D eigenvalue weighted by molar-refractivity contribution is -0.0122. The van der Waals surface area contributed by atoms with Gasteiger partial charge in [0, 0.05) is 79.5 Å². The van der Waals surface area contributed by atoms with Gasteiger partial charge in [0.25, 0.3) is 0 Å². The molecule has 6 aromatic rings. The van der Waals surface area contributed by atoms with Crippen LogP contribution in [0.15, 0.2) is 91.0 Å². The molecule has 3 aliphatic heterocycles. The van der Waals surface area contributed by atoms with Crippen LogP contribution in [-0.2, 0) is 24.0 Å². The van der Waals surface area contributed by atoms with Gasteiger partial charge in [-0.3, -0.25) is 0 Å². The van der Waals surface area contributed by atoms with Gasteiger partial charge >= 0.3 is 0 Å². The highest BCUT2D eigenvalue weighted by atomic mass is 16.5. The van der Waals surface area contributed by atoms with Crippen LogP contribution < -0.4 is 37.9 Å². The Morgan fingerprint density at radius 1 is 0.345 bits per heavy atom. The van der Waals surface area contributed by atoms with Crippen molar-refractivity contribution in [3.05, 3.63) is 124 Å². The standard InChI is InChI=1S/3C17H18O6.6C2H6.3CH4/c1-21-14-6-10(18)7-15-11(14)8-13(20)17(23-15)9-3-4-12(19)16(5-9)22-2;1-21-10-6-13(19)11-8-14(20)17(23-15(11)7-10)9-3-4-12(18)16(5-9)22-2;1-21-15-5-9(3-4-12(15)19)17-16(22-2)8-11-13(20)6-10(18)7-14(11)23-17;6*1-2;;;/h3-7,13,17-20H,8H2,1-2H3;3-7,14,17-20H,8H2,1-2H3;3-7,16-20H,8H2,1-2H3;6*1-2H3;3*1H4/t13-,17-;14-,17-;16-,17-;;;;;;;;;/m111........./s1. The quantitative estimate of drug-likeness (QED) is 0.0651. The molecule has 0 amide bonds. The highest BCUT2D eigenvalue weighted by molar-refractivity contribution is 5.55. The zero-order chi connectivity index (χ0) is 61.7. The van der Waals surface area contributed by atoms with E-state index in [2.05, 4.69) is 0 Å². The van der Waals surface area contributed by atoms with E-state index in [1.54, 1.807) is 49.6 Å². The van der Waals surface area contributed by atoms with Gasteiger partial charge in [-0.05, 0) is 53.1 Å². The normalized spacial score (nSPS) is 16.6. The Labute approximate surface area is 501 Å². The van der Waals surface area contributed by atoms with Crippen LogP contribution in [0.4, 0.5) is 0 Å². The number of phenols is 7. The predicted octanol–water partition coefficient (Wildman–Crippen LogP) is 14.9. The van der Waals surface area contributed by atoms with E-state index in [0.717, 1.165) is 5.56 Å². The molecule has 18 heteroatoms. The summed E-state index contributed by atoms with van der Waals surface area (Å²) in [4.78, 5) is 0. The minimum atomic E-state index is -0.837. The van der Waals surface area contributed by atoms with Crippen LogP contribution in [0, 0.1) is 0 Å². The number of methoxy groups -OCH3 is 6. The van der Waals surface area contributed by atoms with Crippen molar-refractivity contribution < 1.29 is 88.6 Å². The first-order valence-electron chi connectivity index (χ1n) is 27.4. The van der Waals surface area contributed by atoms with Gasteiger partial charge in [0.2, 0.25) is 0 Å². The van der Waals surface area contributed by atoms with E-state index in [0.29, 0.717) is 86.7 Å². The van der Waals surface area contributed by atoms with Crippen LogP contribution in [0.3, 0.4) is 0 Å². The summed E-state index contributed by atoms with van der Waals surface area (Å²) in [5, 5.41) is 89.3. The second-order valence-electron chi connectivity index (χ2n) is 16.1. The van der Waals surface area contributed by atoms with Crippen molar-refractivity contribution in [3.63, 3.8) is 0 Å². The molecule has 0 spiro atoms. The number of rotatable bonds is 9. The van der Waals surface area contributed by atoms with Gasteiger partial charge < -0.3 is 88.6 Å². The minimum absolute atomic E-state index is 0. The summed E-state index contributed by atoms with van der Waals surface area (Å²) >= 11 is 0. The molecule has 0 aromatic heterocycles. The maximum absolute atomic E-state index is 10.4. The molecule has 3 aliphatic rings. The second-order valence-corrected chi connectivity index (χ2v) is 16.1. The average molecular weight is 1180 g/mol. The Morgan fingerprint density at radius 2 is 0.679 bits per heavy atom. The SMILES string of the molecule is C.C.C.CC.CC.CC.CC.CC.CC.COc1cc(O)c2c(c1)O[C@H](c1ccc(O)c(OC)c1)[C@H](O)C2.COc1cc([C@H]2Oc3cc(O)cc(O)c3C[C@H]2OC)ccc1O.COc1cc([C@H]2Oc3cc(O)cc(OC)c3C[C@H]2O)ccc1O. The van der Waals surface area contributed by atoms with Crippen molar-refractivity contribution in [2.45, 2.75) is 161 Å². The van der Waals surface area contributed by atoms with Crippen LogP contribution in [0.25, 0.3) is 0 Å². The molecular weight excluding hydrogens is 1080 g/mol. The van der Waals surface area contributed by atoms with Crippen molar-refractivity contribution in [2.75, 3.05) is 42.7 Å². The number of aromatic hydroxyl groups is 7. The Hall–Kier alpha value is -7.80. The molecule has 474 valence electrons. The van der Waals surface area contributed by atoms with E-state index in [1.165, 1.54) is 84.1 Å². The first-order valence-corrected chi connectivity index (χ1v) is 27.4. The van der Waals surface area contributed by atoms with Gasteiger partial charge in [-0.1, -0.05) is 124 Å². The van der Waals surface area contributed by atoms with Crippen LogP contribution in [-0.4, -0.2) is 107 Å². The van der Waals surface area contributed by atoms with Crippen LogP contribution >= 0.6 is 0 Å². The first kappa shape index (κ1) is 80.4. The van der Waals surface area contributed by atoms with E-state index >= 15 is 0 Å². The maximum Gasteiger partial charge on any atom is 0.160 e. The average Bonchev–Trinajstić information content (AvgIpc) is 2.34. The largest absolute Gasteiger partial charge is 0.508 e. The lowest BCUT2D eigenvalue weighted by atomic mass is 9.93. The summed E-state index contributed by atoms with van der Waals surface area (Å²) < 4.78 is 48.8. The van der Waals surface area contributed by atoms with Gasteiger partial charge in [0.1, 0.15) is 70.1 Å². The zero-order valence-electron chi connectivity index (χ0n) is 50.4. The van der Waals surface area contributed by atoms with Gasteiger partial charge in [0.15, 0.2) is 40.6 Å². The number of aliphatic hydroxyl groups is 2. The molecule has 0 saturated heterocycles. The fourth-order valence-corrected chi connectivity index (χ4v) is 8.32. The molecule has 18 nitrogen and oxygen atoms in total. The van der Waals surface area contributed by atoms with E-state index in [9.17, 15) is 46.0 Å². The van der Waals surface area contributed by atoms with Crippen LogP contribution in [0.1, 0.15) is 157 Å². The van der Waals surface area contributed by atoms with E-state index < -0.39 is 30.5 Å². The lowest BCUT2D eigenvalue weighted by Gasteiger charge is -2.33. The molecule has 6 atom stereocenters. The van der Waals surface area contributed by atoms with Crippen LogP contribution in [0.2, 0.25) is 0 Å². The highest BCUT2D eigenvalue weighted by Gasteiger charge is 2.36. The number of hydrogen-bond acceptors (Lipinski definition) is 18. The number of fused-ring (bicyclic) bond motifs is 3. The van der Waals surface area contributed by atoms with Crippen molar-refractivity contribution in [1.82, 2.24) is 0 Å². The van der Waals surface area contributed by atoms with Crippen molar-refractivity contribution >= 4 is 0 Å².